The maximum atomic E-state index is 13.7. The van der Waals surface area contributed by atoms with Crippen LogP contribution in [0.15, 0.2) is 71.6 Å². The predicted octanol–water partition coefficient (Wildman–Crippen LogP) is 3.27. The van der Waals surface area contributed by atoms with Crippen molar-refractivity contribution in [2.75, 3.05) is 6.54 Å². The fourth-order valence-corrected chi connectivity index (χ4v) is 5.02. The van der Waals surface area contributed by atoms with E-state index in [4.69, 9.17) is 5.11 Å². The molecule has 0 bridgehead atoms. The summed E-state index contributed by atoms with van der Waals surface area (Å²) in [7, 11) is -4.19. The van der Waals surface area contributed by atoms with Crippen molar-refractivity contribution in [3.8, 4) is 0 Å². The SMILES string of the molecule is CCc1cccc(CNCC(O)C(Cc2cc(F)cc(F)c2)NS(=O)(=O)c2ccc(C(=O)O)cc2)c1. The average Bonchev–Trinajstić information content (AvgIpc) is 2.83. The van der Waals surface area contributed by atoms with Crippen LogP contribution in [0.2, 0.25) is 0 Å². The number of aromatic carboxylic acids is 1. The zero-order valence-electron chi connectivity index (χ0n) is 19.6. The molecular weight excluding hydrogens is 490 g/mol. The molecule has 3 rings (SSSR count). The summed E-state index contributed by atoms with van der Waals surface area (Å²) in [4.78, 5) is 10.9. The molecule has 0 saturated carbocycles. The number of benzene rings is 3. The van der Waals surface area contributed by atoms with Gasteiger partial charge in [-0.15, -0.1) is 0 Å². The molecule has 0 fully saturated rings. The van der Waals surface area contributed by atoms with E-state index < -0.39 is 39.8 Å². The van der Waals surface area contributed by atoms with E-state index in [-0.39, 0.29) is 29.0 Å². The van der Waals surface area contributed by atoms with E-state index in [9.17, 15) is 27.1 Å². The van der Waals surface area contributed by atoms with Gasteiger partial charge in [-0.1, -0.05) is 31.2 Å². The van der Waals surface area contributed by atoms with E-state index in [1.54, 1.807) is 0 Å². The summed E-state index contributed by atoms with van der Waals surface area (Å²) in [6.07, 6.45) is -0.563. The molecule has 0 aliphatic carbocycles. The van der Waals surface area contributed by atoms with Crippen molar-refractivity contribution in [1.29, 1.82) is 0 Å². The van der Waals surface area contributed by atoms with E-state index in [0.717, 1.165) is 53.9 Å². The first-order valence-corrected chi connectivity index (χ1v) is 12.8. The third kappa shape index (κ3) is 7.66. The highest BCUT2D eigenvalue weighted by molar-refractivity contribution is 7.89. The van der Waals surface area contributed by atoms with Crippen molar-refractivity contribution in [2.45, 2.75) is 43.4 Å². The molecule has 192 valence electrons. The third-order valence-corrected chi connectivity index (χ3v) is 7.15. The first kappa shape index (κ1) is 27.4. The average molecular weight is 519 g/mol. The molecule has 10 heteroatoms. The fourth-order valence-electron chi connectivity index (χ4n) is 3.75. The number of carboxylic acids is 1. The second kappa shape index (κ2) is 12.2. The van der Waals surface area contributed by atoms with Gasteiger partial charge in [0.25, 0.3) is 0 Å². The minimum atomic E-state index is -4.19. The van der Waals surface area contributed by atoms with Crippen LogP contribution in [-0.4, -0.2) is 43.3 Å². The first-order chi connectivity index (χ1) is 17.1. The molecule has 7 nitrogen and oxygen atoms in total. The Balaban J connectivity index is 1.78. The number of carbonyl (C=O) groups is 1. The lowest BCUT2D eigenvalue weighted by Crippen LogP contribution is -2.48. The minimum absolute atomic E-state index is 0.000705. The van der Waals surface area contributed by atoms with Crippen LogP contribution in [0.4, 0.5) is 8.78 Å². The molecule has 0 aliphatic heterocycles. The Morgan fingerprint density at radius 1 is 0.944 bits per heavy atom. The Labute approximate surface area is 208 Å². The predicted molar refractivity (Wildman–Crippen MR) is 131 cm³/mol. The van der Waals surface area contributed by atoms with Crippen molar-refractivity contribution in [3.63, 3.8) is 0 Å². The zero-order chi connectivity index (χ0) is 26.3. The molecule has 2 atom stereocenters. The summed E-state index contributed by atoms with van der Waals surface area (Å²) < 4.78 is 55.8. The van der Waals surface area contributed by atoms with Gasteiger partial charge in [0.2, 0.25) is 10.0 Å². The molecule has 0 aliphatic rings. The first-order valence-electron chi connectivity index (χ1n) is 11.3. The molecule has 0 heterocycles. The van der Waals surface area contributed by atoms with Crippen LogP contribution in [0.3, 0.4) is 0 Å². The molecule has 0 radical (unpaired) electrons. The highest BCUT2D eigenvalue weighted by atomic mass is 32.2. The monoisotopic (exact) mass is 518 g/mol. The summed E-state index contributed by atoms with van der Waals surface area (Å²) in [5.74, 6) is -2.84. The standard InChI is InChI=1S/C26H28F2N2O5S/c1-2-17-4-3-5-18(10-17)15-29-16-25(31)24(13-19-11-21(27)14-22(28)12-19)30-36(34,35)23-8-6-20(7-9-23)26(32)33/h3-12,14,24-25,29-31H,2,13,15-16H2,1H3,(H,32,33). The Morgan fingerprint density at radius 3 is 2.19 bits per heavy atom. The normalized spacial score (nSPS) is 13.3. The van der Waals surface area contributed by atoms with Gasteiger partial charge in [-0.2, -0.15) is 0 Å². The lowest BCUT2D eigenvalue weighted by molar-refractivity contribution is 0.0696. The van der Waals surface area contributed by atoms with Gasteiger partial charge in [0.05, 0.1) is 22.6 Å². The van der Waals surface area contributed by atoms with Crippen molar-refractivity contribution in [3.05, 3.63) is 101 Å². The smallest absolute Gasteiger partial charge is 0.335 e. The topological polar surface area (TPSA) is 116 Å². The summed E-state index contributed by atoms with van der Waals surface area (Å²) in [6.45, 7) is 2.46. The molecule has 0 saturated heterocycles. The van der Waals surface area contributed by atoms with Gasteiger partial charge in [-0.05, 0) is 65.9 Å². The molecule has 3 aromatic carbocycles. The van der Waals surface area contributed by atoms with E-state index >= 15 is 0 Å². The number of hydrogen-bond donors (Lipinski definition) is 4. The maximum absolute atomic E-state index is 13.7. The van der Waals surface area contributed by atoms with Crippen LogP contribution in [0, 0.1) is 11.6 Å². The number of hydrogen-bond acceptors (Lipinski definition) is 5. The number of carboxylic acid groups (broad SMARTS) is 1. The molecule has 0 spiro atoms. The van der Waals surface area contributed by atoms with Crippen LogP contribution in [0.25, 0.3) is 0 Å². The Bertz CT molecular complexity index is 1280. The Morgan fingerprint density at radius 2 is 1.58 bits per heavy atom. The maximum Gasteiger partial charge on any atom is 0.335 e. The number of sulfonamides is 1. The highest BCUT2D eigenvalue weighted by Gasteiger charge is 2.27. The molecule has 2 unspecified atom stereocenters. The summed E-state index contributed by atoms with van der Waals surface area (Å²) in [5.41, 5.74) is 2.22. The van der Waals surface area contributed by atoms with Crippen molar-refractivity contribution in [2.24, 2.45) is 0 Å². The third-order valence-electron chi connectivity index (χ3n) is 5.64. The number of rotatable bonds is 12. The van der Waals surface area contributed by atoms with Crippen LogP contribution in [0.1, 0.15) is 34.0 Å². The van der Waals surface area contributed by atoms with Crippen LogP contribution >= 0.6 is 0 Å². The lowest BCUT2D eigenvalue weighted by atomic mass is 10.0. The van der Waals surface area contributed by atoms with Gasteiger partial charge in [0, 0.05) is 19.2 Å². The molecule has 36 heavy (non-hydrogen) atoms. The van der Waals surface area contributed by atoms with Gasteiger partial charge in [0.15, 0.2) is 0 Å². The molecule has 0 amide bonds. The Hall–Kier alpha value is -3.18. The number of aliphatic hydroxyl groups is 1. The summed E-state index contributed by atoms with van der Waals surface area (Å²) in [6, 6.07) is 14.2. The largest absolute Gasteiger partial charge is 0.478 e. The number of halogens is 2. The van der Waals surface area contributed by atoms with Crippen LogP contribution in [0.5, 0.6) is 0 Å². The zero-order valence-corrected chi connectivity index (χ0v) is 20.4. The summed E-state index contributed by atoms with van der Waals surface area (Å²) in [5, 5.41) is 23.0. The number of aliphatic hydroxyl groups excluding tert-OH is 1. The number of aryl methyl sites for hydroxylation is 1. The van der Waals surface area contributed by atoms with Crippen LogP contribution < -0.4 is 10.0 Å². The van der Waals surface area contributed by atoms with Crippen molar-refractivity contribution < 1.29 is 32.2 Å². The van der Waals surface area contributed by atoms with E-state index in [2.05, 4.69) is 10.0 Å². The minimum Gasteiger partial charge on any atom is -0.478 e. The highest BCUT2D eigenvalue weighted by Crippen LogP contribution is 2.16. The summed E-state index contributed by atoms with van der Waals surface area (Å²) >= 11 is 0. The molecule has 4 N–H and O–H groups in total. The van der Waals surface area contributed by atoms with Gasteiger partial charge < -0.3 is 15.5 Å². The van der Waals surface area contributed by atoms with Gasteiger partial charge in [-0.25, -0.2) is 26.7 Å². The van der Waals surface area contributed by atoms with E-state index in [1.807, 2.05) is 31.2 Å². The van der Waals surface area contributed by atoms with Crippen molar-refractivity contribution >= 4 is 16.0 Å². The lowest BCUT2D eigenvalue weighted by Gasteiger charge is -2.25. The second-order valence-electron chi connectivity index (χ2n) is 8.41. The fraction of sp³-hybridized carbons (Fsp3) is 0.269. The van der Waals surface area contributed by atoms with Gasteiger partial charge in [0.1, 0.15) is 11.6 Å². The molecule has 3 aromatic rings. The van der Waals surface area contributed by atoms with Crippen LogP contribution in [-0.2, 0) is 29.4 Å². The van der Waals surface area contributed by atoms with Gasteiger partial charge >= 0.3 is 5.97 Å². The van der Waals surface area contributed by atoms with Crippen molar-refractivity contribution in [1.82, 2.24) is 10.0 Å². The van der Waals surface area contributed by atoms with E-state index in [1.165, 1.54) is 0 Å². The Kier molecular flexibility index (Phi) is 9.27. The van der Waals surface area contributed by atoms with E-state index in [0.29, 0.717) is 12.6 Å². The van der Waals surface area contributed by atoms with Gasteiger partial charge in [-0.3, -0.25) is 0 Å². The second-order valence-corrected chi connectivity index (χ2v) is 10.1. The number of nitrogens with one attached hydrogen (secondary N) is 2. The quantitative estimate of drug-likeness (QED) is 0.293. The molecule has 0 aromatic heterocycles. The molecular formula is C26H28F2N2O5S.